The van der Waals surface area contributed by atoms with E-state index in [1.165, 1.54) is 0 Å². The van der Waals surface area contributed by atoms with Crippen LogP contribution in [0.2, 0.25) is 0 Å². The van der Waals surface area contributed by atoms with E-state index in [4.69, 9.17) is 79.1 Å². The van der Waals surface area contributed by atoms with Crippen molar-refractivity contribution in [2.75, 3.05) is 13.2 Å². The number of benzene rings is 2. The molecule has 2 aromatic carbocycles. The number of rotatable bonds is 4. The fourth-order valence-electron chi connectivity index (χ4n) is 5.89. The lowest BCUT2D eigenvalue weighted by Gasteiger charge is -2.30. The molecule has 1 spiro atoms. The summed E-state index contributed by atoms with van der Waals surface area (Å²) in [6, 6.07) is 7.15. The first-order chi connectivity index (χ1) is 15.8. The Labute approximate surface area is 235 Å². The Kier molecular flexibility index (Phi) is 6.82. The highest BCUT2D eigenvalue weighted by atomic mass is 35.6. The predicted octanol–water partition coefficient (Wildman–Crippen LogP) is 8.24. The topological polar surface area (TPSA) is 58.9 Å². The number of hydrogen-bond acceptors (Lipinski definition) is 4. The summed E-state index contributed by atoms with van der Waals surface area (Å²) in [7, 11) is 0. The van der Waals surface area contributed by atoms with Gasteiger partial charge >= 0.3 is 0 Å². The molecule has 2 aromatic rings. The van der Waals surface area contributed by atoms with Crippen LogP contribution in [0, 0.1) is 0 Å². The molecule has 192 valence electrons. The molecule has 0 amide bonds. The van der Waals surface area contributed by atoms with Crippen LogP contribution >= 0.6 is 69.6 Å². The van der Waals surface area contributed by atoms with Gasteiger partial charge in [0.2, 0.25) is 7.59 Å². The Morgan fingerprint density at radius 1 is 0.657 bits per heavy atom. The van der Waals surface area contributed by atoms with Gasteiger partial charge in [-0.15, -0.1) is 0 Å². The van der Waals surface area contributed by atoms with Crippen LogP contribution in [0.1, 0.15) is 62.8 Å². The Hall–Kier alpha value is -0.620. The molecule has 0 saturated carbocycles. The molecule has 2 N–H and O–H groups in total. The molecule has 0 saturated heterocycles. The van der Waals surface area contributed by atoms with Crippen molar-refractivity contribution in [1.82, 2.24) is 0 Å². The van der Waals surface area contributed by atoms with E-state index in [1.54, 1.807) is 12.1 Å². The fraction of sp³-hybridized carbons (Fsp3) is 0.520. The van der Waals surface area contributed by atoms with Crippen LogP contribution in [0.25, 0.3) is 0 Å². The summed E-state index contributed by atoms with van der Waals surface area (Å²) in [6.45, 7) is 8.21. The number of aromatic hydroxyl groups is 2. The molecule has 4 nitrogen and oxygen atoms in total. The summed E-state index contributed by atoms with van der Waals surface area (Å²) >= 11 is 35.0. The van der Waals surface area contributed by atoms with Gasteiger partial charge in [0.05, 0.1) is 0 Å². The molecular weight excluding hydrogens is 577 g/mol. The number of ether oxygens (including phenoxy) is 2. The van der Waals surface area contributed by atoms with Gasteiger partial charge in [0.1, 0.15) is 13.2 Å². The van der Waals surface area contributed by atoms with Crippen molar-refractivity contribution in [3.63, 3.8) is 0 Å². The zero-order chi connectivity index (χ0) is 26.2. The van der Waals surface area contributed by atoms with Crippen molar-refractivity contribution in [2.24, 2.45) is 0 Å². The molecule has 0 aliphatic heterocycles. The number of fused-ring (bicyclic) bond motifs is 4. The normalized spacial score (nSPS) is 19.5. The van der Waals surface area contributed by atoms with Crippen molar-refractivity contribution in [1.29, 1.82) is 0 Å². The zero-order valence-corrected chi connectivity index (χ0v) is 24.2. The van der Waals surface area contributed by atoms with Crippen molar-refractivity contribution in [2.45, 2.75) is 64.4 Å². The standard InChI is InChI=1S/C25H26Cl6O4/c1-21(2)9-23(15-5-17(32)19(7-13(15)21)34-11-24(26,27)28)10-22(3,4)14-8-20(18(33)6-16(14)23)35-12-25(29,30)31/h5-8,32-33H,9-12H2,1-4H3. The SMILES string of the molecule is CC1(C)CC2(CC(C)(C)c3cc(OCC(Cl)(Cl)Cl)c(O)cc32)c2cc(O)c(OCC(Cl)(Cl)Cl)cc21. The molecule has 0 unspecified atom stereocenters. The summed E-state index contributed by atoms with van der Waals surface area (Å²) in [5.74, 6) is 0.452. The highest BCUT2D eigenvalue weighted by molar-refractivity contribution is 6.68. The molecule has 2 aliphatic rings. The van der Waals surface area contributed by atoms with E-state index >= 15 is 0 Å². The average Bonchev–Trinajstić information content (AvgIpc) is 3.02. The monoisotopic (exact) mass is 600 g/mol. The maximum atomic E-state index is 10.8. The zero-order valence-electron chi connectivity index (χ0n) is 19.6. The first kappa shape index (κ1) is 27.4. The van der Waals surface area contributed by atoms with Gasteiger partial charge in [0, 0.05) is 5.41 Å². The molecule has 2 aliphatic carbocycles. The fourth-order valence-corrected chi connectivity index (χ4v) is 6.21. The molecule has 0 bridgehead atoms. The second kappa shape index (κ2) is 8.71. The first-order valence-electron chi connectivity index (χ1n) is 11.0. The molecule has 4 rings (SSSR count). The molecule has 35 heavy (non-hydrogen) atoms. The second-order valence-electron chi connectivity index (χ2n) is 10.7. The first-order valence-corrected chi connectivity index (χ1v) is 13.3. The van der Waals surface area contributed by atoms with Gasteiger partial charge < -0.3 is 19.7 Å². The van der Waals surface area contributed by atoms with Gasteiger partial charge in [-0.2, -0.15) is 0 Å². The van der Waals surface area contributed by atoms with E-state index in [0.717, 1.165) is 35.1 Å². The molecule has 0 fully saturated rings. The Morgan fingerprint density at radius 2 is 1.00 bits per heavy atom. The molecule has 0 aromatic heterocycles. The highest BCUT2D eigenvalue weighted by Gasteiger charge is 2.57. The summed E-state index contributed by atoms with van der Waals surface area (Å²) < 4.78 is 8.06. The van der Waals surface area contributed by atoms with Crippen LogP contribution in [0.15, 0.2) is 24.3 Å². The number of hydrogen-bond donors (Lipinski definition) is 2. The number of halogens is 6. The maximum Gasteiger partial charge on any atom is 0.223 e. The van der Waals surface area contributed by atoms with E-state index < -0.39 is 13.0 Å². The number of alkyl halides is 6. The van der Waals surface area contributed by atoms with E-state index in [2.05, 4.69) is 27.7 Å². The van der Waals surface area contributed by atoms with Crippen molar-refractivity contribution < 1.29 is 19.7 Å². The summed E-state index contributed by atoms with van der Waals surface area (Å²) in [4.78, 5) is 0. The van der Waals surface area contributed by atoms with Gasteiger partial charge in [0.15, 0.2) is 23.0 Å². The molecule has 0 heterocycles. The molecular formula is C25H26Cl6O4. The Morgan fingerprint density at radius 3 is 1.31 bits per heavy atom. The Balaban J connectivity index is 1.83. The van der Waals surface area contributed by atoms with E-state index in [-0.39, 0.29) is 47.0 Å². The third-order valence-electron chi connectivity index (χ3n) is 6.96. The number of phenolic OH excluding ortho intramolecular Hbond substituents is 2. The summed E-state index contributed by atoms with van der Waals surface area (Å²) in [6.07, 6.45) is 1.54. The van der Waals surface area contributed by atoms with Gasteiger partial charge in [-0.1, -0.05) is 97.3 Å². The van der Waals surface area contributed by atoms with Crippen LogP contribution in [0.3, 0.4) is 0 Å². The largest absolute Gasteiger partial charge is 0.504 e. The predicted molar refractivity (Wildman–Crippen MR) is 144 cm³/mol. The van der Waals surface area contributed by atoms with E-state index in [1.807, 2.05) is 12.1 Å². The summed E-state index contributed by atoms with van der Waals surface area (Å²) in [5, 5.41) is 21.7. The molecule has 0 atom stereocenters. The van der Waals surface area contributed by atoms with Crippen LogP contribution in [-0.4, -0.2) is 31.0 Å². The van der Waals surface area contributed by atoms with Crippen LogP contribution in [-0.2, 0) is 16.2 Å². The van der Waals surface area contributed by atoms with Crippen molar-refractivity contribution in [3.05, 3.63) is 46.5 Å². The van der Waals surface area contributed by atoms with E-state index in [0.29, 0.717) is 0 Å². The lowest BCUT2D eigenvalue weighted by atomic mass is 9.72. The van der Waals surface area contributed by atoms with Crippen molar-refractivity contribution in [3.8, 4) is 23.0 Å². The average molecular weight is 603 g/mol. The maximum absolute atomic E-state index is 10.8. The minimum absolute atomic E-state index is 0.0341. The van der Waals surface area contributed by atoms with E-state index in [9.17, 15) is 10.2 Å². The highest BCUT2D eigenvalue weighted by Crippen LogP contribution is 2.64. The second-order valence-corrected chi connectivity index (χ2v) is 15.8. The van der Waals surface area contributed by atoms with Gasteiger partial charge in [-0.3, -0.25) is 0 Å². The van der Waals surface area contributed by atoms with Crippen LogP contribution < -0.4 is 9.47 Å². The van der Waals surface area contributed by atoms with Gasteiger partial charge in [-0.05, 0) is 70.2 Å². The minimum Gasteiger partial charge on any atom is -0.504 e. The third-order valence-corrected chi connectivity index (χ3v) is 7.61. The molecule has 10 heteroatoms. The smallest absolute Gasteiger partial charge is 0.223 e. The Bertz CT molecular complexity index is 1070. The number of phenols is 2. The van der Waals surface area contributed by atoms with Crippen molar-refractivity contribution >= 4 is 69.6 Å². The lowest BCUT2D eigenvalue weighted by molar-refractivity contribution is 0.305. The molecule has 0 radical (unpaired) electrons. The van der Waals surface area contributed by atoms with Gasteiger partial charge in [0.25, 0.3) is 0 Å². The van der Waals surface area contributed by atoms with Crippen LogP contribution in [0.4, 0.5) is 0 Å². The lowest BCUT2D eigenvalue weighted by Crippen LogP contribution is -2.26. The minimum atomic E-state index is -1.61. The quantitative estimate of drug-likeness (QED) is 0.346. The third kappa shape index (κ3) is 5.22. The van der Waals surface area contributed by atoms with Gasteiger partial charge in [-0.25, -0.2) is 0 Å². The van der Waals surface area contributed by atoms with Crippen LogP contribution in [0.5, 0.6) is 23.0 Å². The summed E-state index contributed by atoms with van der Waals surface area (Å²) in [5.41, 5.74) is 3.11.